The lowest BCUT2D eigenvalue weighted by molar-refractivity contribution is 0.309. The quantitative estimate of drug-likeness (QED) is 0.587. The Hall–Kier alpha value is -1.49. The van der Waals surface area contributed by atoms with Gasteiger partial charge in [-0.25, -0.2) is 4.98 Å². The largest absolute Gasteiger partial charge is 0.494 e. The van der Waals surface area contributed by atoms with Crippen LogP contribution >= 0.6 is 11.8 Å². The highest BCUT2D eigenvalue weighted by atomic mass is 32.2. The number of aromatic amines is 1. The zero-order chi connectivity index (χ0) is 15.1. The zero-order valence-electron chi connectivity index (χ0n) is 12.9. The first-order valence-electron chi connectivity index (χ1n) is 7.39. The van der Waals surface area contributed by atoms with Gasteiger partial charge in [0.05, 0.1) is 6.61 Å². The van der Waals surface area contributed by atoms with Gasteiger partial charge in [0.2, 0.25) is 5.16 Å². The molecule has 2 rings (SSSR count). The smallest absolute Gasteiger partial charge is 0.208 e. The van der Waals surface area contributed by atoms with Crippen LogP contribution in [0.15, 0.2) is 29.4 Å². The van der Waals surface area contributed by atoms with E-state index < -0.39 is 0 Å². The fraction of sp³-hybridized carbons (Fsp3) is 0.500. The number of aromatic nitrogens is 3. The van der Waals surface area contributed by atoms with E-state index in [1.807, 2.05) is 12.1 Å². The van der Waals surface area contributed by atoms with Crippen molar-refractivity contribution >= 4 is 11.8 Å². The van der Waals surface area contributed by atoms with Gasteiger partial charge in [0, 0.05) is 11.7 Å². The predicted octanol–water partition coefficient (Wildman–Crippen LogP) is 4.19. The highest BCUT2D eigenvalue weighted by Gasteiger charge is 2.06. The zero-order valence-corrected chi connectivity index (χ0v) is 13.7. The summed E-state index contributed by atoms with van der Waals surface area (Å²) in [5.74, 6) is 3.33. The number of thioether (sulfide) groups is 1. The molecule has 1 aromatic carbocycles. The Morgan fingerprint density at radius 3 is 2.86 bits per heavy atom. The maximum Gasteiger partial charge on any atom is 0.208 e. The average Bonchev–Trinajstić information content (AvgIpc) is 2.92. The van der Waals surface area contributed by atoms with Crippen LogP contribution in [0.2, 0.25) is 0 Å². The molecule has 5 heteroatoms. The van der Waals surface area contributed by atoms with Crippen LogP contribution in [0.25, 0.3) is 0 Å². The number of ether oxygens (including phenoxy) is 1. The van der Waals surface area contributed by atoms with Crippen molar-refractivity contribution in [2.45, 2.75) is 44.7 Å². The fourth-order valence-corrected chi connectivity index (χ4v) is 2.65. The number of nitrogens with one attached hydrogen (secondary N) is 1. The Morgan fingerprint density at radius 1 is 1.29 bits per heavy atom. The SMILES string of the molecule is Cc1cccc(OCCCCSc2n[nH]c(C(C)C)n2)c1. The van der Waals surface area contributed by atoms with E-state index in [2.05, 4.69) is 48.1 Å². The number of nitrogens with zero attached hydrogens (tertiary/aromatic N) is 2. The van der Waals surface area contributed by atoms with Gasteiger partial charge < -0.3 is 4.74 Å². The molecule has 1 aromatic heterocycles. The monoisotopic (exact) mass is 305 g/mol. The first-order chi connectivity index (χ1) is 10.1. The van der Waals surface area contributed by atoms with E-state index in [0.29, 0.717) is 5.92 Å². The lowest BCUT2D eigenvalue weighted by Crippen LogP contribution is -1.98. The van der Waals surface area contributed by atoms with Gasteiger partial charge in [-0.3, -0.25) is 5.10 Å². The molecule has 0 fully saturated rings. The Labute approximate surface area is 130 Å². The number of hydrogen-bond acceptors (Lipinski definition) is 4. The lowest BCUT2D eigenvalue weighted by atomic mass is 10.2. The van der Waals surface area contributed by atoms with E-state index >= 15 is 0 Å². The van der Waals surface area contributed by atoms with Gasteiger partial charge >= 0.3 is 0 Å². The third-order valence-corrected chi connectivity index (χ3v) is 3.99. The summed E-state index contributed by atoms with van der Waals surface area (Å²) >= 11 is 1.70. The van der Waals surface area contributed by atoms with Crippen LogP contribution in [-0.4, -0.2) is 27.5 Å². The number of aryl methyl sites for hydroxylation is 1. The molecule has 1 heterocycles. The molecule has 0 aliphatic heterocycles. The van der Waals surface area contributed by atoms with E-state index in [4.69, 9.17) is 4.74 Å². The van der Waals surface area contributed by atoms with Gasteiger partial charge in [-0.05, 0) is 37.5 Å². The minimum atomic E-state index is 0.398. The van der Waals surface area contributed by atoms with Crippen LogP contribution in [0.5, 0.6) is 5.75 Å². The summed E-state index contributed by atoms with van der Waals surface area (Å²) in [6.07, 6.45) is 2.14. The van der Waals surface area contributed by atoms with E-state index in [1.54, 1.807) is 11.8 Å². The average molecular weight is 305 g/mol. The molecule has 0 spiro atoms. The van der Waals surface area contributed by atoms with Gasteiger partial charge in [-0.15, -0.1) is 5.10 Å². The third kappa shape index (κ3) is 5.42. The topological polar surface area (TPSA) is 50.8 Å². The fourth-order valence-electron chi connectivity index (χ4n) is 1.84. The van der Waals surface area contributed by atoms with Crippen molar-refractivity contribution in [3.05, 3.63) is 35.7 Å². The first-order valence-corrected chi connectivity index (χ1v) is 8.38. The van der Waals surface area contributed by atoms with Crippen LogP contribution in [0.3, 0.4) is 0 Å². The van der Waals surface area contributed by atoms with Gasteiger partial charge in [0.1, 0.15) is 11.6 Å². The summed E-state index contributed by atoms with van der Waals surface area (Å²) in [6, 6.07) is 8.17. The van der Waals surface area contributed by atoms with Crippen LogP contribution < -0.4 is 4.74 Å². The molecule has 2 aromatic rings. The molecule has 0 bridgehead atoms. The second-order valence-electron chi connectivity index (χ2n) is 5.38. The lowest BCUT2D eigenvalue weighted by Gasteiger charge is -2.06. The molecule has 1 N–H and O–H groups in total. The van der Waals surface area contributed by atoms with Crippen molar-refractivity contribution in [3.8, 4) is 5.75 Å². The van der Waals surface area contributed by atoms with Gasteiger partial charge in [-0.2, -0.15) is 0 Å². The molecular formula is C16H23N3OS. The molecule has 0 atom stereocenters. The third-order valence-electron chi connectivity index (χ3n) is 3.06. The summed E-state index contributed by atoms with van der Waals surface area (Å²) < 4.78 is 5.73. The van der Waals surface area contributed by atoms with Crippen LogP contribution in [0, 0.1) is 6.92 Å². The molecule has 0 aliphatic rings. The number of hydrogen-bond donors (Lipinski definition) is 1. The molecule has 4 nitrogen and oxygen atoms in total. The molecule has 0 unspecified atom stereocenters. The van der Waals surface area contributed by atoms with Crippen molar-refractivity contribution < 1.29 is 4.74 Å². The Balaban J connectivity index is 1.59. The maximum absolute atomic E-state index is 5.73. The standard InChI is InChI=1S/C16H23N3OS/c1-12(2)15-17-16(19-18-15)21-10-5-4-9-20-14-8-6-7-13(3)11-14/h6-8,11-12H,4-5,9-10H2,1-3H3,(H,17,18,19). The Kier molecular flexibility index (Phi) is 6.11. The van der Waals surface area contributed by atoms with Crippen molar-refractivity contribution in [2.75, 3.05) is 12.4 Å². The summed E-state index contributed by atoms with van der Waals surface area (Å²) in [5, 5.41) is 8.03. The van der Waals surface area contributed by atoms with Crippen molar-refractivity contribution in [1.82, 2.24) is 15.2 Å². The molecule has 0 saturated carbocycles. The van der Waals surface area contributed by atoms with Crippen LogP contribution in [-0.2, 0) is 0 Å². The predicted molar refractivity (Wildman–Crippen MR) is 87.1 cm³/mol. The summed E-state index contributed by atoms with van der Waals surface area (Å²) in [7, 11) is 0. The summed E-state index contributed by atoms with van der Waals surface area (Å²) in [4.78, 5) is 4.45. The van der Waals surface area contributed by atoms with Crippen LogP contribution in [0.4, 0.5) is 0 Å². The highest BCUT2D eigenvalue weighted by molar-refractivity contribution is 7.99. The summed E-state index contributed by atoms with van der Waals surface area (Å²) in [5.41, 5.74) is 1.23. The number of benzene rings is 1. The van der Waals surface area contributed by atoms with Crippen molar-refractivity contribution in [1.29, 1.82) is 0 Å². The second kappa shape index (κ2) is 8.08. The minimum absolute atomic E-state index is 0.398. The van der Waals surface area contributed by atoms with Gasteiger partial charge in [0.15, 0.2) is 0 Å². The Morgan fingerprint density at radius 2 is 2.14 bits per heavy atom. The molecule has 0 aliphatic carbocycles. The normalized spacial score (nSPS) is 11.0. The van der Waals surface area contributed by atoms with Crippen molar-refractivity contribution in [2.24, 2.45) is 0 Å². The molecule has 114 valence electrons. The molecular weight excluding hydrogens is 282 g/mol. The number of rotatable bonds is 8. The van der Waals surface area contributed by atoms with E-state index in [1.165, 1.54) is 5.56 Å². The molecule has 0 amide bonds. The molecule has 0 saturated heterocycles. The second-order valence-corrected chi connectivity index (χ2v) is 6.44. The summed E-state index contributed by atoms with van der Waals surface area (Å²) in [6.45, 7) is 7.05. The molecule has 21 heavy (non-hydrogen) atoms. The number of H-pyrrole nitrogens is 1. The van der Waals surface area contributed by atoms with Crippen LogP contribution in [0.1, 0.15) is 44.0 Å². The van der Waals surface area contributed by atoms with Gasteiger partial charge in [-0.1, -0.05) is 37.7 Å². The first kappa shape index (κ1) is 15.9. The number of unbranched alkanes of at least 4 members (excludes halogenated alkanes) is 1. The van der Waals surface area contributed by atoms with E-state index in [9.17, 15) is 0 Å². The Bertz CT molecular complexity index is 554. The van der Waals surface area contributed by atoms with E-state index in [0.717, 1.165) is 41.9 Å². The minimum Gasteiger partial charge on any atom is -0.494 e. The van der Waals surface area contributed by atoms with Gasteiger partial charge in [0.25, 0.3) is 0 Å². The maximum atomic E-state index is 5.73. The highest BCUT2D eigenvalue weighted by Crippen LogP contribution is 2.18. The molecule has 0 radical (unpaired) electrons. The van der Waals surface area contributed by atoms with E-state index in [-0.39, 0.29) is 0 Å². The van der Waals surface area contributed by atoms with Crippen molar-refractivity contribution in [3.63, 3.8) is 0 Å².